The van der Waals surface area contributed by atoms with Crippen LogP contribution in [0.3, 0.4) is 0 Å². The molecule has 3 nitrogen and oxygen atoms in total. The van der Waals surface area contributed by atoms with E-state index in [0.717, 1.165) is 18.5 Å². The van der Waals surface area contributed by atoms with Crippen LogP contribution in [0.1, 0.15) is 35.8 Å². The highest BCUT2D eigenvalue weighted by atomic mass is 15.3. The third-order valence-corrected chi connectivity index (χ3v) is 2.78. The average molecular weight is 165 g/mol. The summed E-state index contributed by atoms with van der Waals surface area (Å²) in [6.45, 7) is 2.11. The fraction of sp³-hybridized carbons (Fsp3) is 0.667. The fourth-order valence-electron chi connectivity index (χ4n) is 1.92. The number of nitrogens with zero attached hydrogens (tertiary/aromatic N) is 2. The summed E-state index contributed by atoms with van der Waals surface area (Å²) in [6, 6.07) is 0.175. The van der Waals surface area contributed by atoms with E-state index in [2.05, 4.69) is 12.0 Å². The van der Waals surface area contributed by atoms with Crippen LogP contribution in [0.25, 0.3) is 0 Å². The van der Waals surface area contributed by atoms with Crippen molar-refractivity contribution in [2.45, 2.75) is 32.2 Å². The largest absolute Gasteiger partial charge is 0.323 e. The molecular formula is C9H15N3. The van der Waals surface area contributed by atoms with Crippen molar-refractivity contribution in [2.75, 3.05) is 0 Å². The van der Waals surface area contributed by atoms with Crippen LogP contribution in [-0.2, 0) is 13.5 Å². The molecule has 0 spiro atoms. The lowest BCUT2D eigenvalue weighted by Crippen LogP contribution is -2.17. The molecule has 0 fully saturated rings. The molecule has 0 saturated carbocycles. The van der Waals surface area contributed by atoms with Gasteiger partial charge >= 0.3 is 0 Å². The lowest BCUT2D eigenvalue weighted by atomic mass is 9.93. The number of fused-ring (bicyclic) bond motifs is 1. The first-order chi connectivity index (χ1) is 5.70. The number of aromatic nitrogens is 2. The Bertz CT molecular complexity index is 301. The van der Waals surface area contributed by atoms with Gasteiger partial charge in [0.15, 0.2) is 0 Å². The molecule has 1 aromatic rings. The van der Waals surface area contributed by atoms with Gasteiger partial charge in [-0.1, -0.05) is 0 Å². The van der Waals surface area contributed by atoms with Crippen molar-refractivity contribution in [1.82, 2.24) is 9.78 Å². The van der Waals surface area contributed by atoms with E-state index in [-0.39, 0.29) is 6.04 Å². The number of hydrogen-bond acceptors (Lipinski definition) is 2. The molecule has 0 saturated heterocycles. The third kappa shape index (κ3) is 0.966. The molecule has 0 aliphatic heterocycles. The molecule has 1 aromatic heterocycles. The van der Waals surface area contributed by atoms with Gasteiger partial charge in [-0.2, -0.15) is 5.10 Å². The minimum absolute atomic E-state index is 0.175. The van der Waals surface area contributed by atoms with Crippen LogP contribution in [0, 0.1) is 6.92 Å². The summed E-state index contributed by atoms with van der Waals surface area (Å²) >= 11 is 0. The molecule has 1 atom stereocenters. The topological polar surface area (TPSA) is 43.8 Å². The highest BCUT2D eigenvalue weighted by molar-refractivity contribution is 5.29. The van der Waals surface area contributed by atoms with Crippen molar-refractivity contribution in [2.24, 2.45) is 12.8 Å². The molecule has 1 aliphatic rings. The van der Waals surface area contributed by atoms with Crippen LogP contribution in [0.5, 0.6) is 0 Å². The van der Waals surface area contributed by atoms with E-state index in [9.17, 15) is 0 Å². The second-order valence-corrected chi connectivity index (χ2v) is 3.57. The molecule has 1 unspecified atom stereocenters. The van der Waals surface area contributed by atoms with Gasteiger partial charge in [0.05, 0.1) is 5.69 Å². The summed E-state index contributed by atoms with van der Waals surface area (Å²) in [4.78, 5) is 0. The zero-order chi connectivity index (χ0) is 8.72. The second kappa shape index (κ2) is 2.59. The zero-order valence-corrected chi connectivity index (χ0v) is 7.67. The molecule has 12 heavy (non-hydrogen) atoms. The van der Waals surface area contributed by atoms with Crippen LogP contribution >= 0.6 is 0 Å². The molecule has 1 heterocycles. The predicted octanol–water partition coefficient (Wildman–Crippen LogP) is 1.06. The van der Waals surface area contributed by atoms with Crippen molar-refractivity contribution < 1.29 is 0 Å². The van der Waals surface area contributed by atoms with Crippen LogP contribution in [-0.4, -0.2) is 9.78 Å². The summed E-state index contributed by atoms with van der Waals surface area (Å²) in [5.74, 6) is 0. The molecule has 1 aliphatic carbocycles. The van der Waals surface area contributed by atoms with Crippen molar-refractivity contribution in [3.63, 3.8) is 0 Å². The first-order valence-corrected chi connectivity index (χ1v) is 4.48. The average Bonchev–Trinajstić information content (AvgIpc) is 2.32. The van der Waals surface area contributed by atoms with Gasteiger partial charge in [0.25, 0.3) is 0 Å². The van der Waals surface area contributed by atoms with Gasteiger partial charge in [-0.05, 0) is 31.7 Å². The third-order valence-electron chi connectivity index (χ3n) is 2.78. The number of hydrogen-bond donors (Lipinski definition) is 1. The summed E-state index contributed by atoms with van der Waals surface area (Å²) < 4.78 is 1.94. The maximum atomic E-state index is 5.95. The summed E-state index contributed by atoms with van der Waals surface area (Å²) in [5, 5.41) is 4.42. The summed E-state index contributed by atoms with van der Waals surface area (Å²) in [6.07, 6.45) is 3.45. The van der Waals surface area contributed by atoms with Crippen molar-refractivity contribution in [3.05, 3.63) is 17.0 Å². The van der Waals surface area contributed by atoms with Crippen molar-refractivity contribution in [1.29, 1.82) is 0 Å². The smallest absolute Gasteiger partial charge is 0.0826 e. The van der Waals surface area contributed by atoms with E-state index in [4.69, 9.17) is 5.73 Å². The quantitative estimate of drug-likeness (QED) is 0.624. The van der Waals surface area contributed by atoms with Gasteiger partial charge in [0.1, 0.15) is 0 Å². The Morgan fingerprint density at radius 3 is 3.00 bits per heavy atom. The Labute approximate surface area is 72.6 Å². The maximum Gasteiger partial charge on any atom is 0.0826 e. The van der Waals surface area contributed by atoms with E-state index < -0.39 is 0 Å². The number of aryl methyl sites for hydroxylation is 1. The number of nitrogens with two attached hydrogens (primary N) is 1. The van der Waals surface area contributed by atoms with E-state index in [1.807, 2.05) is 11.7 Å². The molecule has 0 amide bonds. The lowest BCUT2D eigenvalue weighted by molar-refractivity contribution is 0.553. The Balaban J connectivity index is 2.52. The van der Waals surface area contributed by atoms with E-state index in [1.54, 1.807) is 0 Å². The highest BCUT2D eigenvalue weighted by Gasteiger charge is 2.22. The Kier molecular flexibility index (Phi) is 1.68. The van der Waals surface area contributed by atoms with Crippen LogP contribution < -0.4 is 5.73 Å². The van der Waals surface area contributed by atoms with Crippen LogP contribution in [0.2, 0.25) is 0 Å². The molecule has 2 rings (SSSR count). The molecule has 2 N–H and O–H groups in total. The van der Waals surface area contributed by atoms with Crippen LogP contribution in [0.15, 0.2) is 0 Å². The van der Waals surface area contributed by atoms with Gasteiger partial charge in [-0.15, -0.1) is 0 Å². The summed E-state index contributed by atoms with van der Waals surface area (Å²) in [7, 11) is 1.99. The maximum absolute atomic E-state index is 5.95. The fourth-order valence-corrected chi connectivity index (χ4v) is 1.92. The van der Waals surface area contributed by atoms with Crippen molar-refractivity contribution >= 4 is 0 Å². The van der Waals surface area contributed by atoms with Gasteiger partial charge in [-0.25, -0.2) is 0 Å². The van der Waals surface area contributed by atoms with Gasteiger partial charge < -0.3 is 5.73 Å². The summed E-state index contributed by atoms with van der Waals surface area (Å²) in [5.41, 5.74) is 9.74. The highest BCUT2D eigenvalue weighted by Crippen LogP contribution is 2.28. The molecule has 0 aromatic carbocycles. The first kappa shape index (κ1) is 7.80. The van der Waals surface area contributed by atoms with Gasteiger partial charge in [0.2, 0.25) is 0 Å². The first-order valence-electron chi connectivity index (χ1n) is 4.48. The lowest BCUT2D eigenvalue weighted by Gasteiger charge is -2.16. The minimum Gasteiger partial charge on any atom is -0.323 e. The molecule has 66 valence electrons. The van der Waals surface area contributed by atoms with Gasteiger partial charge in [0, 0.05) is 18.8 Å². The SMILES string of the molecule is Cc1c2c(nn1C)C(N)CCC2. The Morgan fingerprint density at radius 2 is 2.33 bits per heavy atom. The second-order valence-electron chi connectivity index (χ2n) is 3.57. The molecular weight excluding hydrogens is 150 g/mol. The van der Waals surface area contributed by atoms with E-state index >= 15 is 0 Å². The normalized spacial score (nSPS) is 22.4. The minimum atomic E-state index is 0.175. The Morgan fingerprint density at radius 1 is 1.58 bits per heavy atom. The predicted molar refractivity (Wildman–Crippen MR) is 47.8 cm³/mol. The Hall–Kier alpha value is -0.830. The van der Waals surface area contributed by atoms with E-state index in [0.29, 0.717) is 0 Å². The number of rotatable bonds is 0. The standard InChI is InChI=1S/C9H15N3/c1-6-7-4-3-5-8(10)9(7)11-12(6)2/h8H,3-5,10H2,1-2H3. The molecule has 0 bridgehead atoms. The van der Waals surface area contributed by atoms with Crippen LogP contribution in [0.4, 0.5) is 0 Å². The van der Waals surface area contributed by atoms with Gasteiger partial charge in [-0.3, -0.25) is 4.68 Å². The zero-order valence-electron chi connectivity index (χ0n) is 7.67. The molecule has 3 heteroatoms. The molecule has 0 radical (unpaired) electrons. The monoisotopic (exact) mass is 165 g/mol. The van der Waals surface area contributed by atoms with E-state index in [1.165, 1.54) is 17.7 Å². The van der Waals surface area contributed by atoms with Crippen molar-refractivity contribution in [3.8, 4) is 0 Å².